The Labute approximate surface area is 184 Å². The first-order valence-electron chi connectivity index (χ1n) is 8.31. The summed E-state index contributed by atoms with van der Waals surface area (Å²) in [5.41, 5.74) is 5.23. The second-order valence-electron chi connectivity index (χ2n) is 5.90. The smallest absolute Gasteiger partial charge is 0.250 e. The molecule has 0 atom stereocenters. The monoisotopic (exact) mass is 521 g/mol. The van der Waals surface area contributed by atoms with Gasteiger partial charge in [-0.2, -0.15) is 5.10 Å². The third-order valence-electron chi connectivity index (χ3n) is 3.88. The number of amides is 1. The maximum atomic E-state index is 12.1. The molecule has 0 saturated carbocycles. The lowest BCUT2D eigenvalue weighted by Gasteiger charge is -2.05. The Morgan fingerprint density at radius 1 is 1.07 bits per heavy atom. The predicted molar refractivity (Wildman–Crippen MR) is 119 cm³/mol. The van der Waals surface area contributed by atoms with Crippen molar-refractivity contribution in [2.45, 2.75) is 12.1 Å². The highest BCUT2D eigenvalue weighted by Gasteiger charge is 2.13. The van der Waals surface area contributed by atoms with Crippen LogP contribution >= 0.6 is 43.6 Å². The van der Waals surface area contributed by atoms with Crippen LogP contribution in [0.5, 0.6) is 0 Å². The van der Waals surface area contributed by atoms with E-state index in [9.17, 15) is 4.79 Å². The molecule has 28 heavy (non-hydrogen) atoms. The molecule has 3 aromatic rings. The van der Waals surface area contributed by atoms with E-state index in [0.29, 0.717) is 5.16 Å². The largest absolute Gasteiger partial charge is 0.305 e. The minimum atomic E-state index is -0.199. The van der Waals surface area contributed by atoms with Gasteiger partial charge in [-0.15, -0.1) is 10.2 Å². The van der Waals surface area contributed by atoms with Gasteiger partial charge < -0.3 is 4.57 Å². The molecule has 3 rings (SSSR count). The van der Waals surface area contributed by atoms with Crippen LogP contribution in [-0.2, 0) is 11.8 Å². The van der Waals surface area contributed by atoms with Gasteiger partial charge in [0.25, 0.3) is 5.91 Å². The Bertz CT molecular complexity index is 1000. The van der Waals surface area contributed by atoms with Gasteiger partial charge in [-0.25, -0.2) is 5.43 Å². The summed E-state index contributed by atoms with van der Waals surface area (Å²) >= 11 is 8.13. The van der Waals surface area contributed by atoms with Crippen LogP contribution in [0, 0.1) is 0 Å². The molecule has 0 fully saturated rings. The molecular formula is C19H17Br2N5OS. The number of nitrogens with zero attached hydrogens (tertiary/aromatic N) is 4. The number of aromatic nitrogens is 3. The Morgan fingerprint density at radius 3 is 2.32 bits per heavy atom. The van der Waals surface area contributed by atoms with Crippen molar-refractivity contribution in [2.24, 2.45) is 12.1 Å². The molecule has 1 amide bonds. The van der Waals surface area contributed by atoms with Crippen molar-refractivity contribution in [3.05, 3.63) is 63.0 Å². The highest BCUT2D eigenvalue weighted by atomic mass is 79.9. The topological polar surface area (TPSA) is 72.2 Å². The third-order valence-corrected chi connectivity index (χ3v) is 5.96. The summed E-state index contributed by atoms with van der Waals surface area (Å²) in [5, 5.41) is 13.2. The first kappa shape index (κ1) is 20.8. The summed E-state index contributed by atoms with van der Waals surface area (Å²) < 4.78 is 3.87. The van der Waals surface area contributed by atoms with Gasteiger partial charge in [0.05, 0.1) is 11.5 Å². The standard InChI is InChI=1S/C19H17Br2N5OS/c1-12(13-3-7-15(20)8-4-13)22-23-17(27)11-28-19-25-24-18(26(19)2)14-5-9-16(21)10-6-14/h3-10H,11H2,1-2H3,(H,23,27)/b22-12+. The van der Waals surface area contributed by atoms with Crippen LogP contribution < -0.4 is 5.43 Å². The number of carbonyl (C=O) groups excluding carboxylic acids is 1. The summed E-state index contributed by atoms with van der Waals surface area (Å²) in [6.07, 6.45) is 0. The summed E-state index contributed by atoms with van der Waals surface area (Å²) in [4.78, 5) is 12.1. The molecule has 0 bridgehead atoms. The number of thioether (sulfide) groups is 1. The molecule has 0 aliphatic heterocycles. The maximum absolute atomic E-state index is 12.1. The number of rotatable bonds is 6. The summed E-state index contributed by atoms with van der Waals surface area (Å²) in [6, 6.07) is 15.6. The van der Waals surface area contributed by atoms with E-state index in [-0.39, 0.29) is 11.7 Å². The zero-order chi connectivity index (χ0) is 20.1. The molecule has 144 valence electrons. The lowest BCUT2D eigenvalue weighted by Crippen LogP contribution is -2.21. The Kier molecular flexibility index (Phi) is 7.03. The van der Waals surface area contributed by atoms with Gasteiger partial charge in [-0.1, -0.05) is 67.9 Å². The molecule has 0 aliphatic rings. The second kappa shape index (κ2) is 9.49. The van der Waals surface area contributed by atoms with E-state index in [4.69, 9.17) is 0 Å². The van der Waals surface area contributed by atoms with Gasteiger partial charge in [0, 0.05) is 21.6 Å². The lowest BCUT2D eigenvalue weighted by molar-refractivity contribution is -0.118. The van der Waals surface area contributed by atoms with E-state index in [1.807, 2.05) is 67.1 Å². The number of hydrazone groups is 1. The molecule has 1 N–H and O–H groups in total. The van der Waals surface area contributed by atoms with E-state index in [1.54, 1.807) is 0 Å². The van der Waals surface area contributed by atoms with Crippen LogP contribution in [0.25, 0.3) is 11.4 Å². The SMILES string of the molecule is C/C(=N\NC(=O)CSc1nnc(-c2ccc(Br)cc2)n1C)c1ccc(Br)cc1. The maximum Gasteiger partial charge on any atom is 0.250 e. The molecule has 0 spiro atoms. The first-order valence-corrected chi connectivity index (χ1v) is 10.9. The molecule has 0 radical (unpaired) electrons. The average Bonchev–Trinajstić information content (AvgIpc) is 3.06. The number of hydrogen-bond acceptors (Lipinski definition) is 5. The summed E-state index contributed by atoms with van der Waals surface area (Å²) in [5.74, 6) is 0.748. The predicted octanol–water partition coefficient (Wildman–Crippen LogP) is 4.64. The minimum Gasteiger partial charge on any atom is -0.305 e. The molecule has 0 unspecified atom stereocenters. The number of benzene rings is 2. The number of halogens is 2. The van der Waals surface area contributed by atoms with E-state index >= 15 is 0 Å². The van der Waals surface area contributed by atoms with Crippen LogP contribution in [-0.4, -0.2) is 32.1 Å². The van der Waals surface area contributed by atoms with Gasteiger partial charge in [0.2, 0.25) is 0 Å². The van der Waals surface area contributed by atoms with E-state index in [0.717, 1.165) is 31.6 Å². The van der Waals surface area contributed by atoms with Gasteiger partial charge >= 0.3 is 0 Å². The highest BCUT2D eigenvalue weighted by molar-refractivity contribution is 9.10. The zero-order valence-electron chi connectivity index (χ0n) is 15.2. The average molecular weight is 523 g/mol. The van der Waals surface area contributed by atoms with Crippen molar-refractivity contribution in [1.82, 2.24) is 20.2 Å². The van der Waals surface area contributed by atoms with Crippen LogP contribution in [0.2, 0.25) is 0 Å². The molecule has 1 aromatic heterocycles. The molecule has 0 saturated heterocycles. The number of nitrogens with one attached hydrogen (secondary N) is 1. The Balaban J connectivity index is 1.58. The lowest BCUT2D eigenvalue weighted by atomic mass is 10.1. The zero-order valence-corrected chi connectivity index (χ0v) is 19.2. The molecule has 1 heterocycles. The van der Waals surface area contributed by atoms with Gasteiger partial charge in [-0.3, -0.25) is 4.79 Å². The fourth-order valence-electron chi connectivity index (χ4n) is 2.36. The van der Waals surface area contributed by atoms with Crippen molar-refractivity contribution >= 4 is 55.2 Å². The highest BCUT2D eigenvalue weighted by Crippen LogP contribution is 2.23. The van der Waals surface area contributed by atoms with Crippen molar-refractivity contribution in [1.29, 1.82) is 0 Å². The van der Waals surface area contributed by atoms with Crippen molar-refractivity contribution in [2.75, 3.05) is 5.75 Å². The normalized spacial score (nSPS) is 11.5. The molecule has 2 aromatic carbocycles. The fourth-order valence-corrected chi connectivity index (χ4v) is 3.59. The van der Waals surface area contributed by atoms with Gasteiger partial charge in [-0.05, 0) is 36.8 Å². The molecule has 9 heteroatoms. The van der Waals surface area contributed by atoms with Crippen LogP contribution in [0.3, 0.4) is 0 Å². The summed E-state index contributed by atoms with van der Waals surface area (Å²) in [7, 11) is 1.88. The first-order chi connectivity index (χ1) is 13.4. The number of hydrogen-bond donors (Lipinski definition) is 1. The van der Waals surface area contributed by atoms with Crippen molar-refractivity contribution in [3.8, 4) is 11.4 Å². The van der Waals surface area contributed by atoms with E-state index in [1.165, 1.54) is 11.8 Å². The molecular weight excluding hydrogens is 506 g/mol. The Morgan fingerprint density at radius 2 is 1.68 bits per heavy atom. The van der Waals surface area contributed by atoms with E-state index < -0.39 is 0 Å². The van der Waals surface area contributed by atoms with Crippen LogP contribution in [0.4, 0.5) is 0 Å². The fraction of sp³-hybridized carbons (Fsp3) is 0.158. The van der Waals surface area contributed by atoms with Gasteiger partial charge in [0.1, 0.15) is 0 Å². The second-order valence-corrected chi connectivity index (χ2v) is 8.67. The number of carbonyl (C=O) groups is 1. The van der Waals surface area contributed by atoms with Gasteiger partial charge in [0.15, 0.2) is 11.0 Å². The van der Waals surface area contributed by atoms with Crippen molar-refractivity contribution in [3.63, 3.8) is 0 Å². The summed E-state index contributed by atoms with van der Waals surface area (Å²) in [6.45, 7) is 1.85. The van der Waals surface area contributed by atoms with E-state index in [2.05, 4.69) is 52.6 Å². The van der Waals surface area contributed by atoms with Crippen LogP contribution in [0.1, 0.15) is 12.5 Å². The molecule has 0 aliphatic carbocycles. The Hall–Kier alpha value is -1.97. The molecule has 6 nitrogen and oxygen atoms in total. The third kappa shape index (κ3) is 5.30. The minimum absolute atomic E-state index is 0.198. The van der Waals surface area contributed by atoms with Crippen molar-refractivity contribution < 1.29 is 4.79 Å². The van der Waals surface area contributed by atoms with Crippen LogP contribution in [0.15, 0.2) is 67.7 Å². The quantitative estimate of drug-likeness (QED) is 0.291.